The molecular weight excluding hydrogens is 260 g/mol. The number of rotatable bonds is 3. The number of nitrogens with zero attached hydrogens (tertiary/aromatic N) is 2. The molecule has 118 valence electrons. The van der Waals surface area contributed by atoms with Crippen molar-refractivity contribution in [2.75, 3.05) is 17.7 Å². The van der Waals surface area contributed by atoms with Crippen molar-refractivity contribution in [2.24, 2.45) is 0 Å². The maximum Gasteiger partial charge on any atom is 0.138 e. The van der Waals surface area contributed by atoms with Crippen molar-refractivity contribution in [3.05, 3.63) is 11.4 Å². The highest BCUT2D eigenvalue weighted by molar-refractivity contribution is 5.58. The Morgan fingerprint density at radius 3 is 2.10 bits per heavy atom. The van der Waals surface area contributed by atoms with Crippen LogP contribution in [-0.4, -0.2) is 22.6 Å². The summed E-state index contributed by atoms with van der Waals surface area (Å²) in [5, 5.41) is 6.93. The van der Waals surface area contributed by atoms with E-state index in [4.69, 9.17) is 4.98 Å². The summed E-state index contributed by atoms with van der Waals surface area (Å²) in [6.07, 6.45) is 6.40. The SMILES string of the molecule is CNc1nc(C(C)(C)C)nc(NC2(C)CCCCC2)c1C. The Morgan fingerprint density at radius 2 is 1.57 bits per heavy atom. The van der Waals surface area contributed by atoms with Gasteiger partial charge in [-0.05, 0) is 26.7 Å². The molecule has 1 aliphatic carbocycles. The van der Waals surface area contributed by atoms with Gasteiger partial charge in [-0.3, -0.25) is 0 Å². The van der Waals surface area contributed by atoms with Crippen molar-refractivity contribution in [1.29, 1.82) is 0 Å². The lowest BCUT2D eigenvalue weighted by atomic mass is 9.83. The third kappa shape index (κ3) is 3.66. The van der Waals surface area contributed by atoms with Crippen LogP contribution >= 0.6 is 0 Å². The predicted octanol–water partition coefficient (Wildman–Crippen LogP) is 4.26. The number of hydrogen-bond donors (Lipinski definition) is 2. The molecule has 21 heavy (non-hydrogen) atoms. The van der Waals surface area contributed by atoms with Gasteiger partial charge in [-0.15, -0.1) is 0 Å². The van der Waals surface area contributed by atoms with Gasteiger partial charge < -0.3 is 10.6 Å². The van der Waals surface area contributed by atoms with E-state index in [0.29, 0.717) is 0 Å². The number of aromatic nitrogens is 2. The standard InChI is InChI=1S/C17H30N4/c1-12-13(18-6)19-15(16(2,3)4)20-14(12)21-17(5)10-8-7-9-11-17/h7-11H2,1-6H3,(H2,18,19,20,21). The van der Waals surface area contributed by atoms with Gasteiger partial charge in [0.2, 0.25) is 0 Å². The van der Waals surface area contributed by atoms with E-state index >= 15 is 0 Å². The van der Waals surface area contributed by atoms with Gasteiger partial charge in [0.1, 0.15) is 17.5 Å². The van der Waals surface area contributed by atoms with E-state index in [1.54, 1.807) is 0 Å². The summed E-state index contributed by atoms with van der Waals surface area (Å²) in [6.45, 7) is 10.9. The maximum atomic E-state index is 4.83. The lowest BCUT2D eigenvalue weighted by Crippen LogP contribution is -2.37. The zero-order chi connectivity index (χ0) is 15.7. The Balaban J connectivity index is 2.37. The Hall–Kier alpha value is -1.32. The van der Waals surface area contributed by atoms with E-state index in [9.17, 15) is 0 Å². The molecule has 4 heteroatoms. The molecule has 2 N–H and O–H groups in total. The second-order valence-corrected chi connectivity index (χ2v) is 7.62. The van der Waals surface area contributed by atoms with Crippen LogP contribution in [0.1, 0.15) is 71.2 Å². The van der Waals surface area contributed by atoms with Crippen LogP contribution in [0.3, 0.4) is 0 Å². The second kappa shape index (κ2) is 5.82. The van der Waals surface area contributed by atoms with Crippen molar-refractivity contribution < 1.29 is 0 Å². The van der Waals surface area contributed by atoms with E-state index in [-0.39, 0.29) is 11.0 Å². The van der Waals surface area contributed by atoms with Crippen molar-refractivity contribution in [3.8, 4) is 0 Å². The Kier molecular flexibility index (Phi) is 4.45. The highest BCUT2D eigenvalue weighted by Gasteiger charge is 2.29. The summed E-state index contributed by atoms with van der Waals surface area (Å²) in [6, 6.07) is 0. The first-order valence-electron chi connectivity index (χ1n) is 8.10. The minimum atomic E-state index is -0.0524. The molecule has 0 saturated heterocycles. The lowest BCUT2D eigenvalue weighted by molar-refractivity contribution is 0.348. The molecule has 0 atom stereocenters. The van der Waals surface area contributed by atoms with Gasteiger partial charge in [-0.25, -0.2) is 9.97 Å². The van der Waals surface area contributed by atoms with Gasteiger partial charge in [-0.2, -0.15) is 0 Å². The van der Waals surface area contributed by atoms with Crippen LogP contribution in [0.25, 0.3) is 0 Å². The highest BCUT2D eigenvalue weighted by atomic mass is 15.1. The van der Waals surface area contributed by atoms with Crippen LogP contribution in [0.4, 0.5) is 11.6 Å². The number of anilines is 2. The lowest BCUT2D eigenvalue weighted by Gasteiger charge is -2.36. The fourth-order valence-corrected chi connectivity index (χ4v) is 2.96. The second-order valence-electron chi connectivity index (χ2n) is 7.62. The Labute approximate surface area is 129 Å². The van der Waals surface area contributed by atoms with Crippen LogP contribution in [-0.2, 0) is 5.41 Å². The first-order chi connectivity index (χ1) is 9.75. The van der Waals surface area contributed by atoms with E-state index < -0.39 is 0 Å². The van der Waals surface area contributed by atoms with Gasteiger partial charge in [0.15, 0.2) is 0 Å². The quantitative estimate of drug-likeness (QED) is 0.873. The summed E-state index contributed by atoms with van der Waals surface area (Å²) in [5.41, 5.74) is 1.22. The van der Waals surface area contributed by atoms with Crippen molar-refractivity contribution in [1.82, 2.24) is 9.97 Å². The first-order valence-corrected chi connectivity index (χ1v) is 8.10. The summed E-state index contributed by atoms with van der Waals surface area (Å²) in [7, 11) is 1.92. The summed E-state index contributed by atoms with van der Waals surface area (Å²) >= 11 is 0. The molecule has 0 aliphatic heterocycles. The van der Waals surface area contributed by atoms with Crippen LogP contribution in [0, 0.1) is 6.92 Å². The van der Waals surface area contributed by atoms with Crippen molar-refractivity contribution in [2.45, 2.75) is 77.7 Å². The average Bonchev–Trinajstić information content (AvgIpc) is 2.40. The molecule has 2 rings (SSSR count). The zero-order valence-electron chi connectivity index (χ0n) is 14.4. The van der Waals surface area contributed by atoms with Gasteiger partial charge in [0.25, 0.3) is 0 Å². The van der Waals surface area contributed by atoms with E-state index in [0.717, 1.165) is 23.0 Å². The Bertz CT molecular complexity index is 496. The molecule has 0 bridgehead atoms. The number of nitrogens with one attached hydrogen (secondary N) is 2. The molecule has 0 radical (unpaired) electrons. The highest BCUT2D eigenvalue weighted by Crippen LogP contribution is 2.33. The summed E-state index contributed by atoms with van der Waals surface area (Å²) in [4.78, 5) is 9.51. The molecular formula is C17H30N4. The van der Waals surface area contributed by atoms with Crippen LogP contribution < -0.4 is 10.6 Å². The fourth-order valence-electron chi connectivity index (χ4n) is 2.96. The van der Waals surface area contributed by atoms with Crippen LogP contribution in [0.2, 0.25) is 0 Å². The molecule has 4 nitrogen and oxygen atoms in total. The van der Waals surface area contributed by atoms with Gasteiger partial charge in [0, 0.05) is 23.6 Å². The van der Waals surface area contributed by atoms with Crippen LogP contribution in [0.15, 0.2) is 0 Å². The predicted molar refractivity (Wildman–Crippen MR) is 90.1 cm³/mol. The number of hydrogen-bond acceptors (Lipinski definition) is 4. The average molecular weight is 290 g/mol. The smallest absolute Gasteiger partial charge is 0.138 e. The molecule has 1 aromatic rings. The minimum absolute atomic E-state index is 0.0524. The third-order valence-electron chi connectivity index (χ3n) is 4.43. The third-order valence-corrected chi connectivity index (χ3v) is 4.43. The van der Waals surface area contributed by atoms with E-state index in [2.05, 4.69) is 50.2 Å². The van der Waals surface area contributed by atoms with E-state index in [1.165, 1.54) is 32.1 Å². The summed E-state index contributed by atoms with van der Waals surface area (Å²) < 4.78 is 0. The largest absolute Gasteiger partial charge is 0.373 e. The molecule has 1 aliphatic rings. The van der Waals surface area contributed by atoms with E-state index in [1.807, 2.05) is 7.05 Å². The summed E-state index contributed by atoms with van der Waals surface area (Å²) in [5.74, 6) is 2.81. The van der Waals surface area contributed by atoms with Gasteiger partial charge in [-0.1, -0.05) is 40.0 Å². The van der Waals surface area contributed by atoms with Crippen molar-refractivity contribution >= 4 is 11.6 Å². The topological polar surface area (TPSA) is 49.8 Å². The minimum Gasteiger partial charge on any atom is -0.373 e. The van der Waals surface area contributed by atoms with Gasteiger partial charge in [0.05, 0.1) is 0 Å². The zero-order valence-corrected chi connectivity index (χ0v) is 14.4. The molecule has 0 amide bonds. The molecule has 1 saturated carbocycles. The first kappa shape index (κ1) is 16.1. The molecule has 1 fully saturated rings. The maximum absolute atomic E-state index is 4.83. The molecule has 0 aromatic carbocycles. The van der Waals surface area contributed by atoms with Crippen molar-refractivity contribution in [3.63, 3.8) is 0 Å². The monoisotopic (exact) mass is 290 g/mol. The molecule has 0 unspecified atom stereocenters. The molecule has 0 spiro atoms. The molecule has 1 aromatic heterocycles. The van der Waals surface area contributed by atoms with Crippen LogP contribution in [0.5, 0.6) is 0 Å². The normalized spacial score (nSPS) is 18.4. The fraction of sp³-hybridized carbons (Fsp3) is 0.765. The Morgan fingerprint density at radius 1 is 1.00 bits per heavy atom. The molecule has 1 heterocycles. The van der Waals surface area contributed by atoms with Gasteiger partial charge >= 0.3 is 0 Å².